The SMILES string of the molecule is C/C(CC(=O)Nc1ccccc1[N+](=O)[O-])=N\NC(=O)Cc1ccc(-c2ccccc2)cc1. The van der Waals surface area contributed by atoms with E-state index in [9.17, 15) is 19.7 Å². The van der Waals surface area contributed by atoms with Crippen molar-refractivity contribution in [2.45, 2.75) is 19.8 Å². The number of hydrazone groups is 1. The molecule has 3 aromatic rings. The van der Waals surface area contributed by atoms with Gasteiger partial charge in [-0.05, 0) is 29.7 Å². The van der Waals surface area contributed by atoms with Gasteiger partial charge < -0.3 is 5.32 Å². The van der Waals surface area contributed by atoms with E-state index >= 15 is 0 Å². The Morgan fingerprint density at radius 3 is 2.19 bits per heavy atom. The van der Waals surface area contributed by atoms with Crippen molar-refractivity contribution in [3.63, 3.8) is 0 Å². The molecule has 8 heteroatoms. The van der Waals surface area contributed by atoms with Crippen LogP contribution < -0.4 is 10.7 Å². The van der Waals surface area contributed by atoms with E-state index in [0.29, 0.717) is 5.71 Å². The van der Waals surface area contributed by atoms with Crippen molar-refractivity contribution in [1.82, 2.24) is 5.43 Å². The molecule has 0 fully saturated rings. The highest BCUT2D eigenvalue weighted by atomic mass is 16.6. The second-order valence-corrected chi connectivity index (χ2v) is 7.12. The second kappa shape index (κ2) is 10.6. The summed E-state index contributed by atoms with van der Waals surface area (Å²) in [5.41, 5.74) is 5.72. The summed E-state index contributed by atoms with van der Waals surface area (Å²) in [6, 6.07) is 23.5. The van der Waals surface area contributed by atoms with Crippen LogP contribution in [0.4, 0.5) is 11.4 Å². The van der Waals surface area contributed by atoms with Gasteiger partial charge in [0.05, 0.1) is 17.8 Å². The molecule has 0 saturated heterocycles. The minimum Gasteiger partial charge on any atom is -0.320 e. The van der Waals surface area contributed by atoms with Crippen LogP contribution >= 0.6 is 0 Å². The Balaban J connectivity index is 1.51. The van der Waals surface area contributed by atoms with Gasteiger partial charge in [-0.3, -0.25) is 19.7 Å². The number of carbonyl (C=O) groups excluding carboxylic acids is 2. The summed E-state index contributed by atoms with van der Waals surface area (Å²) in [6.07, 6.45) is 0.0341. The number of hydrogen-bond acceptors (Lipinski definition) is 5. The number of hydrogen-bond donors (Lipinski definition) is 2. The molecule has 0 unspecified atom stereocenters. The first-order valence-electron chi connectivity index (χ1n) is 9.92. The molecule has 0 spiro atoms. The molecule has 0 aliphatic heterocycles. The third-order valence-corrected chi connectivity index (χ3v) is 4.59. The first-order chi connectivity index (χ1) is 15.4. The third kappa shape index (κ3) is 6.33. The van der Waals surface area contributed by atoms with Crippen LogP contribution in [0.5, 0.6) is 0 Å². The third-order valence-electron chi connectivity index (χ3n) is 4.59. The fraction of sp³-hybridized carbons (Fsp3) is 0.125. The van der Waals surface area contributed by atoms with Crippen LogP contribution in [0.25, 0.3) is 11.1 Å². The minimum absolute atomic E-state index is 0.110. The van der Waals surface area contributed by atoms with Crippen molar-refractivity contribution < 1.29 is 14.5 Å². The first kappa shape index (κ1) is 22.4. The molecule has 0 saturated carbocycles. The van der Waals surface area contributed by atoms with Gasteiger partial charge in [-0.15, -0.1) is 0 Å². The Morgan fingerprint density at radius 2 is 1.50 bits per heavy atom. The van der Waals surface area contributed by atoms with Crippen LogP contribution in [0.15, 0.2) is 84.0 Å². The van der Waals surface area contributed by atoms with Crippen LogP contribution in [-0.4, -0.2) is 22.4 Å². The maximum absolute atomic E-state index is 12.2. The number of anilines is 1. The number of rotatable bonds is 8. The molecule has 0 heterocycles. The fourth-order valence-corrected chi connectivity index (χ4v) is 3.03. The van der Waals surface area contributed by atoms with Crippen molar-refractivity contribution in [3.8, 4) is 11.1 Å². The molecule has 32 heavy (non-hydrogen) atoms. The van der Waals surface area contributed by atoms with Crippen molar-refractivity contribution in [3.05, 3.63) is 94.5 Å². The summed E-state index contributed by atoms with van der Waals surface area (Å²) >= 11 is 0. The van der Waals surface area contributed by atoms with Crippen LogP contribution in [0.2, 0.25) is 0 Å². The van der Waals surface area contributed by atoms with Crippen molar-refractivity contribution >= 4 is 28.9 Å². The largest absolute Gasteiger partial charge is 0.320 e. The van der Waals surface area contributed by atoms with E-state index in [1.165, 1.54) is 18.2 Å². The summed E-state index contributed by atoms with van der Waals surface area (Å²) in [5, 5.41) is 17.5. The standard InChI is InChI=1S/C24H22N4O4/c1-17(15-23(29)25-21-9-5-6-10-22(21)28(31)32)26-27-24(30)16-18-11-13-20(14-12-18)19-7-3-2-4-8-19/h2-14H,15-16H2,1H3,(H,25,29)(H,27,30)/b26-17+. The van der Waals surface area contributed by atoms with Crippen LogP contribution in [0.3, 0.4) is 0 Å². The number of nitro groups is 1. The molecule has 0 bridgehead atoms. The topological polar surface area (TPSA) is 114 Å². The molecule has 8 nitrogen and oxygen atoms in total. The quantitative estimate of drug-likeness (QED) is 0.315. The zero-order chi connectivity index (χ0) is 22.9. The number of para-hydroxylation sites is 2. The Bertz CT molecular complexity index is 1140. The molecule has 0 aliphatic rings. The average Bonchev–Trinajstić information content (AvgIpc) is 2.79. The number of nitro benzene ring substituents is 1. The average molecular weight is 430 g/mol. The summed E-state index contributed by atoms with van der Waals surface area (Å²) in [6.45, 7) is 1.59. The molecule has 2 amide bonds. The smallest absolute Gasteiger partial charge is 0.292 e. The molecule has 0 aromatic heterocycles. The molecule has 0 radical (unpaired) electrons. The lowest BCUT2D eigenvalue weighted by Gasteiger charge is -2.07. The molecule has 3 aromatic carbocycles. The number of amides is 2. The van der Waals surface area contributed by atoms with Crippen molar-refractivity contribution in [2.24, 2.45) is 5.10 Å². The highest BCUT2D eigenvalue weighted by Gasteiger charge is 2.15. The van der Waals surface area contributed by atoms with E-state index in [0.717, 1.165) is 16.7 Å². The Hall–Kier alpha value is -4.33. The predicted molar refractivity (Wildman–Crippen MR) is 123 cm³/mol. The van der Waals surface area contributed by atoms with E-state index in [1.54, 1.807) is 13.0 Å². The lowest BCUT2D eigenvalue weighted by molar-refractivity contribution is -0.383. The van der Waals surface area contributed by atoms with Crippen LogP contribution in [0, 0.1) is 10.1 Å². The monoisotopic (exact) mass is 430 g/mol. The molecule has 3 rings (SSSR count). The van der Waals surface area contributed by atoms with E-state index in [2.05, 4.69) is 15.8 Å². The number of nitrogens with zero attached hydrogens (tertiary/aromatic N) is 2. The highest BCUT2D eigenvalue weighted by molar-refractivity contribution is 6.06. The van der Waals surface area contributed by atoms with Gasteiger partial charge in [0.1, 0.15) is 5.69 Å². The van der Waals surface area contributed by atoms with Gasteiger partial charge in [0.2, 0.25) is 11.8 Å². The van der Waals surface area contributed by atoms with Crippen LogP contribution in [0.1, 0.15) is 18.9 Å². The van der Waals surface area contributed by atoms with E-state index < -0.39 is 10.8 Å². The summed E-state index contributed by atoms with van der Waals surface area (Å²) in [4.78, 5) is 34.8. The molecular formula is C24H22N4O4. The van der Waals surface area contributed by atoms with Crippen molar-refractivity contribution in [2.75, 3.05) is 5.32 Å². The number of nitrogens with one attached hydrogen (secondary N) is 2. The number of benzene rings is 3. The molecule has 0 aliphatic carbocycles. The lowest BCUT2D eigenvalue weighted by Crippen LogP contribution is -2.23. The lowest BCUT2D eigenvalue weighted by atomic mass is 10.0. The van der Waals surface area contributed by atoms with Gasteiger partial charge >= 0.3 is 0 Å². The zero-order valence-electron chi connectivity index (χ0n) is 17.4. The van der Waals surface area contributed by atoms with Gasteiger partial charge in [0, 0.05) is 11.8 Å². The van der Waals surface area contributed by atoms with Gasteiger partial charge in [0.15, 0.2) is 0 Å². The highest BCUT2D eigenvalue weighted by Crippen LogP contribution is 2.23. The van der Waals surface area contributed by atoms with Gasteiger partial charge in [0.25, 0.3) is 5.69 Å². The van der Waals surface area contributed by atoms with E-state index in [4.69, 9.17) is 0 Å². The summed E-state index contributed by atoms with van der Waals surface area (Å²) < 4.78 is 0. The minimum atomic E-state index is -0.566. The van der Waals surface area contributed by atoms with Gasteiger partial charge in [-0.2, -0.15) is 5.10 Å². The Labute approximate surface area is 185 Å². The van der Waals surface area contributed by atoms with Gasteiger partial charge in [-0.25, -0.2) is 5.43 Å². The normalized spacial score (nSPS) is 11.0. The zero-order valence-corrected chi connectivity index (χ0v) is 17.4. The Morgan fingerprint density at radius 1 is 0.875 bits per heavy atom. The fourth-order valence-electron chi connectivity index (χ4n) is 3.03. The van der Waals surface area contributed by atoms with E-state index in [-0.39, 0.29) is 30.1 Å². The Kier molecular flexibility index (Phi) is 7.42. The first-order valence-corrected chi connectivity index (χ1v) is 9.92. The molecular weight excluding hydrogens is 408 g/mol. The van der Waals surface area contributed by atoms with Crippen LogP contribution in [-0.2, 0) is 16.0 Å². The molecule has 2 N–H and O–H groups in total. The predicted octanol–water partition coefficient (Wildman–Crippen LogP) is 4.33. The van der Waals surface area contributed by atoms with Gasteiger partial charge in [-0.1, -0.05) is 66.7 Å². The maximum atomic E-state index is 12.2. The van der Waals surface area contributed by atoms with Crippen molar-refractivity contribution in [1.29, 1.82) is 0 Å². The summed E-state index contributed by atoms with van der Waals surface area (Å²) in [7, 11) is 0. The second-order valence-electron chi connectivity index (χ2n) is 7.12. The van der Waals surface area contributed by atoms with E-state index in [1.807, 2.05) is 54.6 Å². The maximum Gasteiger partial charge on any atom is 0.292 e. The summed E-state index contributed by atoms with van der Waals surface area (Å²) in [5.74, 6) is -0.776. The molecule has 162 valence electrons. The number of carbonyl (C=O) groups is 2. The molecule has 0 atom stereocenters.